The van der Waals surface area contributed by atoms with E-state index in [0.29, 0.717) is 12.1 Å². The van der Waals surface area contributed by atoms with Crippen LogP contribution in [0.1, 0.15) is 15.9 Å². The molecule has 0 aliphatic carbocycles. The molecule has 2 aromatic rings. The smallest absolute Gasteiger partial charge is 0.416 e. The van der Waals surface area contributed by atoms with Gasteiger partial charge in [0.2, 0.25) is 10.0 Å². The predicted molar refractivity (Wildman–Crippen MR) is 103 cm³/mol. The highest BCUT2D eigenvalue weighted by atomic mass is 35.5. The van der Waals surface area contributed by atoms with E-state index in [2.05, 4.69) is 4.74 Å². The van der Waals surface area contributed by atoms with Gasteiger partial charge in [-0.25, -0.2) is 13.1 Å². The van der Waals surface area contributed by atoms with E-state index in [-0.39, 0.29) is 11.5 Å². The number of hydrogen-bond acceptors (Lipinski definition) is 8. The zero-order valence-electron chi connectivity index (χ0n) is 15.8. The number of nitro groups is 1. The van der Waals surface area contributed by atoms with Gasteiger partial charge in [-0.05, 0) is 24.3 Å². The van der Waals surface area contributed by atoms with Crippen LogP contribution in [0.25, 0.3) is 0 Å². The van der Waals surface area contributed by atoms with Crippen LogP contribution in [0, 0.1) is 10.1 Å². The number of ether oxygens (including phenoxy) is 2. The summed E-state index contributed by atoms with van der Waals surface area (Å²) in [5, 5.41) is 10.8. The number of methoxy groups -OCH3 is 1. The monoisotopic (exact) mass is 496 g/mol. The maximum Gasteiger partial charge on any atom is 0.416 e. The highest BCUT2D eigenvalue weighted by Crippen LogP contribution is 2.37. The lowest BCUT2D eigenvalue weighted by Gasteiger charge is -2.12. The molecule has 0 aromatic heterocycles. The van der Waals surface area contributed by atoms with E-state index in [1.807, 2.05) is 0 Å². The Morgan fingerprint density at radius 1 is 1.19 bits per heavy atom. The first kappa shape index (κ1) is 24.9. The molecule has 1 amide bonds. The number of sulfonamides is 1. The van der Waals surface area contributed by atoms with Gasteiger partial charge in [0, 0.05) is 12.1 Å². The summed E-state index contributed by atoms with van der Waals surface area (Å²) in [6.45, 7) is 0. The number of halogens is 4. The van der Waals surface area contributed by atoms with E-state index < -0.39 is 60.6 Å². The van der Waals surface area contributed by atoms with E-state index in [0.717, 1.165) is 31.4 Å². The summed E-state index contributed by atoms with van der Waals surface area (Å²) in [5.41, 5.74) is -2.61. The lowest BCUT2D eigenvalue weighted by atomic mass is 10.1. The molecule has 2 rings (SSSR count). The molecule has 0 atom stereocenters. The Labute approximate surface area is 183 Å². The van der Waals surface area contributed by atoms with Crippen LogP contribution in [-0.2, 0) is 25.7 Å². The van der Waals surface area contributed by atoms with Crippen molar-refractivity contribution in [2.75, 3.05) is 12.9 Å². The van der Waals surface area contributed by atoms with Gasteiger partial charge in [0.15, 0.2) is 5.75 Å². The third kappa shape index (κ3) is 6.31. The van der Waals surface area contributed by atoms with Crippen LogP contribution in [-0.4, -0.2) is 38.1 Å². The molecule has 32 heavy (non-hydrogen) atoms. The van der Waals surface area contributed by atoms with Crippen LogP contribution < -0.4 is 9.46 Å². The molecule has 0 unspecified atom stereocenters. The average Bonchev–Trinajstić information content (AvgIpc) is 2.67. The highest BCUT2D eigenvalue weighted by molar-refractivity contribution is 7.90. The molecule has 0 saturated heterocycles. The first-order chi connectivity index (χ1) is 14.7. The van der Waals surface area contributed by atoms with Crippen molar-refractivity contribution in [3.63, 3.8) is 0 Å². The van der Waals surface area contributed by atoms with Gasteiger partial charge in [-0.1, -0.05) is 11.6 Å². The summed E-state index contributed by atoms with van der Waals surface area (Å²) in [6, 6.07) is 4.79. The quantitative estimate of drug-likeness (QED) is 0.349. The Morgan fingerprint density at radius 2 is 1.84 bits per heavy atom. The zero-order chi connectivity index (χ0) is 24.3. The minimum Gasteiger partial charge on any atom is -0.468 e. The first-order valence-corrected chi connectivity index (χ1v) is 10.2. The fourth-order valence-electron chi connectivity index (χ4n) is 2.25. The standard InChI is InChI=1S/C17H12ClF3N2O8S/c1-30-15(24)8-32(28,29)22-16(25)11-7-10(3-4-13(11)23(26)27)31-14-5-2-9(6-12(14)18)17(19,20)21/h2-7H,8H2,1H3,(H,22,25). The third-order valence-electron chi connectivity index (χ3n) is 3.68. The maximum absolute atomic E-state index is 12.7. The Hall–Kier alpha value is -3.39. The number of nitrogens with zero attached hydrogens (tertiary/aromatic N) is 1. The minimum absolute atomic E-state index is 0.266. The summed E-state index contributed by atoms with van der Waals surface area (Å²) >= 11 is 5.78. The van der Waals surface area contributed by atoms with Gasteiger partial charge in [-0.15, -0.1) is 0 Å². The second-order valence-corrected chi connectivity index (χ2v) is 8.08. The number of carbonyl (C=O) groups excluding carboxylic acids is 2. The molecule has 0 radical (unpaired) electrons. The summed E-state index contributed by atoms with van der Waals surface area (Å²) < 4.78 is 72.9. The van der Waals surface area contributed by atoms with E-state index in [9.17, 15) is 41.3 Å². The van der Waals surface area contributed by atoms with Crippen LogP contribution in [0.2, 0.25) is 5.02 Å². The predicted octanol–water partition coefficient (Wildman–Crippen LogP) is 3.29. The van der Waals surface area contributed by atoms with Crippen molar-refractivity contribution in [2.24, 2.45) is 0 Å². The van der Waals surface area contributed by atoms with Crippen LogP contribution in [0.15, 0.2) is 36.4 Å². The van der Waals surface area contributed by atoms with Crippen molar-refractivity contribution in [3.05, 3.63) is 62.7 Å². The molecule has 10 nitrogen and oxygen atoms in total. The molecule has 0 bridgehead atoms. The highest BCUT2D eigenvalue weighted by Gasteiger charge is 2.31. The molecule has 0 aliphatic heterocycles. The normalized spacial score (nSPS) is 11.5. The molecule has 0 heterocycles. The molecule has 0 saturated carbocycles. The van der Waals surface area contributed by atoms with Gasteiger partial charge in [-0.3, -0.25) is 19.7 Å². The third-order valence-corrected chi connectivity index (χ3v) is 5.09. The van der Waals surface area contributed by atoms with Crippen LogP contribution in [0.4, 0.5) is 18.9 Å². The van der Waals surface area contributed by atoms with E-state index in [1.54, 1.807) is 0 Å². The second-order valence-electron chi connectivity index (χ2n) is 5.95. The van der Waals surface area contributed by atoms with Crippen molar-refractivity contribution >= 4 is 39.2 Å². The molecular formula is C17H12ClF3N2O8S. The van der Waals surface area contributed by atoms with Crippen molar-refractivity contribution in [3.8, 4) is 11.5 Å². The molecule has 0 spiro atoms. The average molecular weight is 497 g/mol. The number of hydrogen-bond donors (Lipinski definition) is 1. The van der Waals surface area contributed by atoms with Crippen molar-refractivity contribution < 1.29 is 45.6 Å². The van der Waals surface area contributed by atoms with Gasteiger partial charge < -0.3 is 9.47 Å². The van der Waals surface area contributed by atoms with Crippen LogP contribution >= 0.6 is 11.6 Å². The number of alkyl halides is 3. The van der Waals surface area contributed by atoms with Gasteiger partial charge in [0.1, 0.15) is 17.1 Å². The lowest BCUT2D eigenvalue weighted by molar-refractivity contribution is -0.385. The van der Waals surface area contributed by atoms with E-state index in [1.165, 1.54) is 4.72 Å². The number of nitro benzene ring substituents is 1. The minimum atomic E-state index is -4.66. The molecule has 0 aliphatic rings. The van der Waals surface area contributed by atoms with Crippen LogP contribution in [0.5, 0.6) is 11.5 Å². The number of rotatable bonds is 7. The summed E-state index contributed by atoms with van der Waals surface area (Å²) in [6.07, 6.45) is -4.66. The van der Waals surface area contributed by atoms with Crippen molar-refractivity contribution in [1.82, 2.24) is 4.72 Å². The maximum atomic E-state index is 12.7. The molecule has 15 heteroatoms. The Bertz CT molecular complexity index is 1180. The summed E-state index contributed by atoms with van der Waals surface area (Å²) in [4.78, 5) is 33.7. The van der Waals surface area contributed by atoms with Gasteiger partial charge in [0.25, 0.3) is 11.6 Å². The Morgan fingerprint density at radius 3 is 2.38 bits per heavy atom. The fourth-order valence-corrected chi connectivity index (χ4v) is 3.36. The van der Waals surface area contributed by atoms with E-state index >= 15 is 0 Å². The lowest BCUT2D eigenvalue weighted by Crippen LogP contribution is -2.35. The number of carbonyl (C=O) groups is 2. The second kappa shape index (κ2) is 9.40. The number of amides is 1. The van der Waals surface area contributed by atoms with Gasteiger partial charge in [0.05, 0.1) is 22.6 Å². The summed E-state index contributed by atoms with van der Waals surface area (Å²) in [5.74, 6) is -4.40. The Balaban J connectivity index is 2.37. The molecule has 0 fully saturated rings. The molecular weight excluding hydrogens is 485 g/mol. The number of benzene rings is 2. The van der Waals surface area contributed by atoms with Crippen molar-refractivity contribution in [2.45, 2.75) is 6.18 Å². The zero-order valence-corrected chi connectivity index (χ0v) is 17.4. The molecule has 172 valence electrons. The van der Waals surface area contributed by atoms with Gasteiger partial charge >= 0.3 is 12.1 Å². The summed E-state index contributed by atoms with van der Waals surface area (Å²) in [7, 11) is -3.63. The van der Waals surface area contributed by atoms with Gasteiger partial charge in [-0.2, -0.15) is 13.2 Å². The first-order valence-electron chi connectivity index (χ1n) is 8.18. The topological polar surface area (TPSA) is 142 Å². The molecule has 1 N–H and O–H groups in total. The van der Waals surface area contributed by atoms with E-state index in [4.69, 9.17) is 16.3 Å². The number of nitrogens with one attached hydrogen (secondary N) is 1. The Kier molecular flexibility index (Phi) is 7.31. The molecule has 2 aromatic carbocycles. The largest absolute Gasteiger partial charge is 0.468 e. The van der Waals surface area contributed by atoms with Crippen LogP contribution in [0.3, 0.4) is 0 Å². The SMILES string of the molecule is COC(=O)CS(=O)(=O)NC(=O)c1cc(Oc2ccc(C(F)(F)F)cc2Cl)ccc1[N+](=O)[O-]. The number of esters is 1. The fraction of sp³-hybridized carbons (Fsp3) is 0.176. The van der Waals surface area contributed by atoms with Crippen molar-refractivity contribution in [1.29, 1.82) is 0 Å².